The molecule has 0 radical (unpaired) electrons. The maximum Gasteiger partial charge on any atom is 0.136 e. The predicted octanol–water partition coefficient (Wildman–Crippen LogP) is 8.33. The summed E-state index contributed by atoms with van der Waals surface area (Å²) >= 11 is 0. The van der Waals surface area contributed by atoms with Gasteiger partial charge in [0.25, 0.3) is 0 Å². The van der Waals surface area contributed by atoms with Crippen LogP contribution in [0.2, 0.25) is 0 Å². The molecule has 0 fully saturated rings. The average molecular weight is 467 g/mol. The van der Waals surface area contributed by atoms with Crippen molar-refractivity contribution in [1.29, 1.82) is 0 Å². The van der Waals surface area contributed by atoms with E-state index in [9.17, 15) is 0 Å². The molecule has 0 atom stereocenters. The van der Waals surface area contributed by atoms with Gasteiger partial charge in [0.15, 0.2) is 0 Å². The monoisotopic (exact) mass is 466 g/mol. The Morgan fingerprint density at radius 3 is 1.61 bits per heavy atom. The largest absolute Gasteiger partial charge is 0.497 e. The third kappa shape index (κ3) is 3.08. The molecular weight excluding hydrogens is 444 g/mol. The van der Waals surface area contributed by atoms with Gasteiger partial charge in [0.05, 0.1) is 7.11 Å². The molecule has 0 amide bonds. The highest BCUT2D eigenvalue weighted by molar-refractivity contribution is 6.29. The van der Waals surface area contributed by atoms with E-state index in [1.807, 2.05) is 36.9 Å². The molecule has 0 aliphatic heterocycles. The molecule has 3 heterocycles. The number of aryl methyl sites for hydroxylation is 1. The number of aromatic nitrogens is 2. The van der Waals surface area contributed by atoms with Gasteiger partial charge in [-0.25, -0.2) is 0 Å². The summed E-state index contributed by atoms with van der Waals surface area (Å²) in [5.41, 5.74) is 7.39. The molecule has 0 N–H and O–H groups in total. The van der Waals surface area contributed by atoms with Crippen molar-refractivity contribution < 1.29 is 9.15 Å². The highest BCUT2D eigenvalue weighted by Gasteiger charge is 2.19. The number of rotatable bonds is 3. The Morgan fingerprint density at radius 2 is 1.11 bits per heavy atom. The third-order valence-corrected chi connectivity index (χ3v) is 7.04. The zero-order valence-electron chi connectivity index (χ0n) is 19.9. The third-order valence-electron chi connectivity index (χ3n) is 7.04. The minimum Gasteiger partial charge on any atom is -0.497 e. The van der Waals surface area contributed by atoms with E-state index in [-0.39, 0.29) is 0 Å². The molecule has 4 nitrogen and oxygen atoms in total. The van der Waals surface area contributed by atoms with Gasteiger partial charge in [-0.05, 0) is 76.3 Å². The summed E-state index contributed by atoms with van der Waals surface area (Å²) in [7, 11) is 1.68. The van der Waals surface area contributed by atoms with Crippen LogP contribution >= 0.6 is 0 Å². The molecule has 0 aliphatic rings. The summed E-state index contributed by atoms with van der Waals surface area (Å²) in [6.45, 7) is 2.10. The first kappa shape index (κ1) is 20.7. The Hall–Kier alpha value is -4.70. The zero-order valence-corrected chi connectivity index (χ0v) is 19.9. The fourth-order valence-corrected chi connectivity index (χ4v) is 5.26. The molecule has 0 saturated heterocycles. The maximum atomic E-state index is 6.60. The molecule has 7 rings (SSSR count). The molecular formula is C32H22N2O2. The van der Waals surface area contributed by atoms with E-state index in [1.54, 1.807) is 7.11 Å². The Labute approximate surface area is 207 Å². The lowest BCUT2D eigenvalue weighted by Gasteiger charge is -2.10. The van der Waals surface area contributed by atoms with Crippen molar-refractivity contribution in [2.75, 3.05) is 7.11 Å². The summed E-state index contributed by atoms with van der Waals surface area (Å²) in [5, 5.41) is 6.66. The van der Waals surface area contributed by atoms with Gasteiger partial charge in [-0.15, -0.1) is 0 Å². The lowest BCUT2D eigenvalue weighted by atomic mass is 9.93. The highest BCUT2D eigenvalue weighted by Crippen LogP contribution is 2.44. The van der Waals surface area contributed by atoms with Gasteiger partial charge in [-0.3, -0.25) is 9.97 Å². The number of hydrogen-bond donors (Lipinski definition) is 0. The van der Waals surface area contributed by atoms with E-state index in [0.717, 1.165) is 71.5 Å². The molecule has 4 heteroatoms. The van der Waals surface area contributed by atoms with Crippen molar-refractivity contribution in [3.8, 4) is 28.0 Å². The van der Waals surface area contributed by atoms with Gasteiger partial charge in [0.2, 0.25) is 0 Å². The summed E-state index contributed by atoms with van der Waals surface area (Å²) in [4.78, 5) is 8.93. The van der Waals surface area contributed by atoms with Crippen LogP contribution in [0.4, 0.5) is 0 Å². The number of fused-ring (bicyclic) bond motifs is 7. The van der Waals surface area contributed by atoms with Gasteiger partial charge < -0.3 is 9.15 Å². The molecule has 0 aliphatic carbocycles. The van der Waals surface area contributed by atoms with E-state index < -0.39 is 0 Å². The lowest BCUT2D eigenvalue weighted by Crippen LogP contribution is -1.87. The van der Waals surface area contributed by atoms with Crippen molar-refractivity contribution in [2.45, 2.75) is 6.92 Å². The van der Waals surface area contributed by atoms with Crippen LogP contribution in [0.3, 0.4) is 0 Å². The minimum atomic E-state index is 0.828. The van der Waals surface area contributed by atoms with Crippen molar-refractivity contribution >= 4 is 43.5 Å². The second-order valence-corrected chi connectivity index (χ2v) is 9.13. The fraction of sp³-hybridized carbons (Fsp3) is 0.0625. The normalized spacial score (nSPS) is 11.6. The SMILES string of the molecule is COc1ccc(-c2cc3oc4cc(-c5ccc(C)cc5)c5cnccc5c4c3c3ccncc23)cc1. The van der Waals surface area contributed by atoms with Crippen LogP contribution < -0.4 is 4.74 Å². The van der Waals surface area contributed by atoms with Gasteiger partial charge in [-0.2, -0.15) is 0 Å². The van der Waals surface area contributed by atoms with Crippen LogP contribution in [0, 0.1) is 6.92 Å². The summed E-state index contributed by atoms with van der Waals surface area (Å²) in [6, 6.07) is 25.2. The molecule has 172 valence electrons. The second kappa shape index (κ2) is 7.92. The quantitative estimate of drug-likeness (QED) is 0.263. The lowest BCUT2D eigenvalue weighted by molar-refractivity contribution is 0.415. The topological polar surface area (TPSA) is 48.2 Å². The molecule has 0 unspecified atom stereocenters. The van der Waals surface area contributed by atoms with Crippen molar-refractivity contribution in [3.05, 3.63) is 103 Å². The van der Waals surface area contributed by atoms with Crippen molar-refractivity contribution in [1.82, 2.24) is 9.97 Å². The molecule has 36 heavy (non-hydrogen) atoms. The fourth-order valence-electron chi connectivity index (χ4n) is 5.26. The number of ether oxygens (including phenoxy) is 1. The van der Waals surface area contributed by atoms with Crippen LogP contribution in [0.25, 0.3) is 65.7 Å². The first-order valence-corrected chi connectivity index (χ1v) is 11.9. The number of benzene rings is 4. The summed E-state index contributed by atoms with van der Waals surface area (Å²) in [6.07, 6.45) is 7.60. The summed E-state index contributed by atoms with van der Waals surface area (Å²) < 4.78 is 12.0. The van der Waals surface area contributed by atoms with Crippen LogP contribution in [0.15, 0.2) is 102 Å². The van der Waals surface area contributed by atoms with Gasteiger partial charge >= 0.3 is 0 Å². The van der Waals surface area contributed by atoms with E-state index in [1.165, 1.54) is 5.56 Å². The summed E-state index contributed by atoms with van der Waals surface area (Å²) in [5.74, 6) is 0.828. The first-order valence-electron chi connectivity index (χ1n) is 11.9. The van der Waals surface area contributed by atoms with Gasteiger partial charge in [0.1, 0.15) is 16.9 Å². The number of methoxy groups -OCH3 is 1. The molecule has 0 bridgehead atoms. The maximum absolute atomic E-state index is 6.60. The average Bonchev–Trinajstić information content (AvgIpc) is 3.32. The molecule has 7 aromatic rings. The Balaban J connectivity index is 1.60. The van der Waals surface area contributed by atoms with Gasteiger partial charge in [-0.1, -0.05) is 42.0 Å². The van der Waals surface area contributed by atoms with E-state index >= 15 is 0 Å². The number of furan rings is 1. The second-order valence-electron chi connectivity index (χ2n) is 9.13. The highest BCUT2D eigenvalue weighted by atomic mass is 16.5. The smallest absolute Gasteiger partial charge is 0.136 e. The van der Waals surface area contributed by atoms with Crippen molar-refractivity contribution in [2.24, 2.45) is 0 Å². The Kier molecular flexibility index (Phi) is 4.55. The Morgan fingerprint density at radius 1 is 0.611 bits per heavy atom. The number of pyridine rings is 2. The Bertz CT molecular complexity index is 1920. The zero-order chi connectivity index (χ0) is 24.2. The van der Waals surface area contributed by atoms with E-state index in [2.05, 4.69) is 77.6 Å². The standard InChI is InChI=1S/C32H22N2O2/c1-19-3-5-20(6-4-19)25-15-29-31(23-11-13-33-17-27(23)25)32-24-12-14-34-18-28(24)26(16-30(32)36-29)21-7-9-22(35-2)10-8-21/h3-18H,1-2H3. The molecule has 0 spiro atoms. The van der Waals surface area contributed by atoms with Gasteiger partial charge in [0, 0.05) is 46.3 Å². The van der Waals surface area contributed by atoms with Crippen LogP contribution in [-0.4, -0.2) is 17.1 Å². The van der Waals surface area contributed by atoms with Crippen molar-refractivity contribution in [3.63, 3.8) is 0 Å². The molecule has 4 aromatic carbocycles. The van der Waals surface area contributed by atoms with Crippen LogP contribution in [-0.2, 0) is 0 Å². The van der Waals surface area contributed by atoms with E-state index in [4.69, 9.17) is 9.15 Å². The first-order chi connectivity index (χ1) is 17.7. The van der Waals surface area contributed by atoms with Crippen LogP contribution in [0.1, 0.15) is 5.56 Å². The molecule has 0 saturated carbocycles. The number of hydrogen-bond acceptors (Lipinski definition) is 4. The van der Waals surface area contributed by atoms with Crippen LogP contribution in [0.5, 0.6) is 5.75 Å². The van der Waals surface area contributed by atoms with E-state index in [0.29, 0.717) is 0 Å². The number of nitrogens with zero attached hydrogens (tertiary/aromatic N) is 2. The predicted molar refractivity (Wildman–Crippen MR) is 146 cm³/mol. The molecule has 3 aromatic heterocycles. The minimum absolute atomic E-state index is 0.828.